The van der Waals surface area contributed by atoms with E-state index in [0.29, 0.717) is 0 Å². The summed E-state index contributed by atoms with van der Waals surface area (Å²) in [6, 6.07) is 0.562. The summed E-state index contributed by atoms with van der Waals surface area (Å²) in [7, 11) is -9.73. The van der Waals surface area contributed by atoms with E-state index in [-0.39, 0.29) is 33.1 Å². The van der Waals surface area contributed by atoms with Gasteiger partial charge in [-0.15, -0.1) is 0 Å². The van der Waals surface area contributed by atoms with E-state index in [4.69, 9.17) is 21.3 Å². The third-order valence-electron chi connectivity index (χ3n) is 2.23. The Hall–Kier alpha value is 0.908. The SMILES string of the molecule is N[C@@H]1CCCC[C@H]1N.O=P([O-])(O)CP(=O)([O-])O.[Pt+2]. The van der Waals surface area contributed by atoms with Gasteiger partial charge in [-0.05, 0) is 12.8 Å². The molecule has 4 atom stereocenters. The second kappa shape index (κ2) is 8.96. The van der Waals surface area contributed by atoms with Crippen molar-refractivity contribution < 1.29 is 49.8 Å². The Balaban J connectivity index is 0. The molecule has 1 rings (SSSR count). The molecule has 0 radical (unpaired) electrons. The molecular formula is C7H18N2O6P2Pt. The summed E-state index contributed by atoms with van der Waals surface area (Å²) in [5, 5.41) is 0. The molecule has 1 aliphatic carbocycles. The number of hydrogen-bond donors (Lipinski definition) is 4. The zero-order valence-corrected chi connectivity index (χ0v) is 13.6. The maximum absolute atomic E-state index is 9.70. The van der Waals surface area contributed by atoms with E-state index in [9.17, 15) is 18.9 Å². The quantitative estimate of drug-likeness (QED) is 0.335. The van der Waals surface area contributed by atoms with Gasteiger partial charge < -0.3 is 40.2 Å². The predicted octanol–water partition coefficient (Wildman–Crippen LogP) is -1.75. The molecule has 2 unspecified atom stereocenters. The van der Waals surface area contributed by atoms with Gasteiger partial charge in [-0.2, -0.15) is 0 Å². The Kier molecular flexibility index (Phi) is 10.6. The fourth-order valence-electron chi connectivity index (χ4n) is 1.41. The van der Waals surface area contributed by atoms with Crippen LogP contribution in [0.4, 0.5) is 0 Å². The van der Waals surface area contributed by atoms with Gasteiger partial charge in [0.05, 0.1) is 5.90 Å². The summed E-state index contributed by atoms with van der Waals surface area (Å²) >= 11 is 0. The van der Waals surface area contributed by atoms with Gasteiger partial charge >= 0.3 is 21.1 Å². The van der Waals surface area contributed by atoms with Gasteiger partial charge in [0.1, 0.15) is 15.2 Å². The van der Waals surface area contributed by atoms with Gasteiger partial charge in [-0.3, -0.25) is 0 Å². The molecule has 0 aliphatic heterocycles. The van der Waals surface area contributed by atoms with Crippen LogP contribution in [0, 0.1) is 0 Å². The van der Waals surface area contributed by atoms with E-state index in [1.54, 1.807) is 0 Å². The summed E-state index contributed by atoms with van der Waals surface area (Å²) in [4.78, 5) is 35.0. The molecule has 0 aromatic carbocycles. The molecule has 112 valence electrons. The first-order valence-electron chi connectivity index (χ1n) is 5.08. The molecule has 11 heteroatoms. The maximum Gasteiger partial charge on any atom is 2.00 e. The van der Waals surface area contributed by atoms with Crippen LogP contribution in [0.3, 0.4) is 0 Å². The van der Waals surface area contributed by atoms with Crippen molar-refractivity contribution in [3.05, 3.63) is 0 Å². The van der Waals surface area contributed by atoms with Crippen LogP contribution in [0.2, 0.25) is 0 Å². The molecule has 0 aromatic rings. The first-order valence-corrected chi connectivity index (χ1v) is 8.60. The van der Waals surface area contributed by atoms with Crippen molar-refractivity contribution in [3.63, 3.8) is 0 Å². The van der Waals surface area contributed by atoms with E-state index < -0.39 is 21.1 Å². The Morgan fingerprint density at radius 3 is 1.39 bits per heavy atom. The zero-order chi connectivity index (χ0) is 13.7. The summed E-state index contributed by atoms with van der Waals surface area (Å²) in [6.45, 7) is 0. The van der Waals surface area contributed by atoms with Gasteiger partial charge in [0.2, 0.25) is 0 Å². The third-order valence-corrected chi connectivity index (χ3v) is 5.09. The molecule has 0 aromatic heterocycles. The van der Waals surface area contributed by atoms with Crippen LogP contribution >= 0.6 is 15.2 Å². The minimum atomic E-state index is -4.86. The summed E-state index contributed by atoms with van der Waals surface area (Å²) in [6.07, 6.45) is 4.80. The Morgan fingerprint density at radius 1 is 1.00 bits per heavy atom. The molecule has 1 aliphatic rings. The second-order valence-corrected chi connectivity index (χ2v) is 7.71. The number of nitrogens with two attached hydrogens (primary N) is 2. The molecular weight excluding hydrogens is 465 g/mol. The molecule has 0 amide bonds. The van der Waals surface area contributed by atoms with Crippen molar-refractivity contribution in [1.82, 2.24) is 0 Å². The normalized spacial score (nSPS) is 29.9. The van der Waals surface area contributed by atoms with Gasteiger partial charge in [0.15, 0.2) is 0 Å². The van der Waals surface area contributed by atoms with Gasteiger partial charge in [-0.25, -0.2) is 0 Å². The van der Waals surface area contributed by atoms with Crippen LogP contribution < -0.4 is 21.3 Å². The van der Waals surface area contributed by atoms with Gasteiger partial charge in [-0.1, -0.05) is 12.8 Å². The summed E-state index contributed by atoms with van der Waals surface area (Å²) in [5.74, 6) is -1.60. The second-order valence-electron chi connectivity index (χ2n) is 4.03. The van der Waals surface area contributed by atoms with Gasteiger partial charge in [0.25, 0.3) is 0 Å². The van der Waals surface area contributed by atoms with E-state index >= 15 is 0 Å². The Bertz CT molecular complexity index is 289. The molecule has 6 N–H and O–H groups in total. The van der Waals surface area contributed by atoms with Crippen LogP contribution in [0.25, 0.3) is 0 Å². The van der Waals surface area contributed by atoms with E-state index in [1.807, 2.05) is 0 Å². The molecule has 0 spiro atoms. The zero-order valence-electron chi connectivity index (χ0n) is 9.58. The fourth-order valence-corrected chi connectivity index (χ4v) is 3.22. The summed E-state index contributed by atoms with van der Waals surface area (Å²) < 4.78 is 19.4. The summed E-state index contributed by atoms with van der Waals surface area (Å²) in [5.41, 5.74) is 11.3. The first kappa shape index (κ1) is 21.2. The standard InChI is InChI=1S/C6H14N2.CH6O6P2.Pt/c7-5-3-1-2-4-6(5)8;2-8(3,4)1-9(5,6)7;/h5-6H,1-4,7-8H2;1H2,(H2,2,3,4)(H2,5,6,7);/q;;+2/p-2/t5-,6-;;/m1../s1. The van der Waals surface area contributed by atoms with Gasteiger partial charge in [0, 0.05) is 12.1 Å². The molecule has 0 bridgehead atoms. The maximum atomic E-state index is 9.70. The van der Waals surface area contributed by atoms with Crippen molar-refractivity contribution in [1.29, 1.82) is 0 Å². The van der Waals surface area contributed by atoms with E-state index in [2.05, 4.69) is 0 Å². The average Bonchev–Trinajstić information content (AvgIpc) is 2.04. The molecule has 8 nitrogen and oxygen atoms in total. The van der Waals surface area contributed by atoms with Crippen LogP contribution in [0.5, 0.6) is 0 Å². The first-order chi connectivity index (χ1) is 7.51. The van der Waals surface area contributed by atoms with E-state index in [1.165, 1.54) is 12.8 Å². The largest absolute Gasteiger partial charge is 2.00 e. The number of rotatable bonds is 2. The molecule has 0 saturated heterocycles. The Labute approximate surface area is 120 Å². The van der Waals surface area contributed by atoms with E-state index in [0.717, 1.165) is 12.8 Å². The smallest absolute Gasteiger partial charge is 0.778 e. The minimum Gasteiger partial charge on any atom is -0.778 e. The monoisotopic (exact) mass is 483 g/mol. The van der Waals surface area contributed by atoms with Crippen molar-refractivity contribution >= 4 is 15.2 Å². The van der Waals surface area contributed by atoms with Crippen molar-refractivity contribution in [3.8, 4) is 0 Å². The van der Waals surface area contributed by atoms with Crippen LogP contribution in [-0.4, -0.2) is 27.8 Å². The van der Waals surface area contributed by atoms with Crippen LogP contribution in [0.1, 0.15) is 25.7 Å². The third kappa shape index (κ3) is 13.3. The molecule has 18 heavy (non-hydrogen) atoms. The van der Waals surface area contributed by atoms with Crippen LogP contribution in [-0.2, 0) is 30.2 Å². The average molecular weight is 483 g/mol. The predicted molar refractivity (Wildman–Crippen MR) is 58.9 cm³/mol. The minimum absolute atomic E-state index is 0. The van der Waals surface area contributed by atoms with Crippen LogP contribution in [0.15, 0.2) is 0 Å². The molecule has 0 heterocycles. The van der Waals surface area contributed by atoms with Crippen molar-refractivity contribution in [2.24, 2.45) is 11.5 Å². The topological polar surface area (TPSA) is 173 Å². The fraction of sp³-hybridized carbons (Fsp3) is 1.00. The molecule has 1 fully saturated rings. The Morgan fingerprint density at radius 2 is 1.28 bits per heavy atom. The van der Waals surface area contributed by atoms with Crippen molar-refractivity contribution in [2.75, 3.05) is 5.90 Å². The van der Waals surface area contributed by atoms with Crippen molar-refractivity contribution in [2.45, 2.75) is 37.8 Å². The number of hydrogen-bond acceptors (Lipinski definition) is 6. The molecule has 1 saturated carbocycles.